The quantitative estimate of drug-likeness (QED) is 0.792. The lowest BCUT2D eigenvalue weighted by molar-refractivity contribution is 0.362. The number of hydrogen-bond donors (Lipinski definition) is 1. The maximum Gasteiger partial charge on any atom is 0.0958 e. The molecule has 20 heavy (non-hydrogen) atoms. The number of hydrogen-bond acceptors (Lipinski definition) is 2. The SMILES string of the molecule is CCCNC(CC(C)CC)Cn1cnc2ccccc21. The molecule has 3 heteroatoms. The van der Waals surface area contributed by atoms with Crippen molar-refractivity contribution in [3.05, 3.63) is 30.6 Å². The van der Waals surface area contributed by atoms with E-state index in [-0.39, 0.29) is 0 Å². The minimum absolute atomic E-state index is 0.530. The normalized spacial score (nSPS) is 14.6. The van der Waals surface area contributed by atoms with Crippen LogP contribution < -0.4 is 5.32 Å². The first-order valence-electron chi connectivity index (χ1n) is 7.87. The number of nitrogens with zero attached hydrogens (tertiary/aromatic N) is 2. The molecule has 2 rings (SSSR count). The van der Waals surface area contributed by atoms with E-state index in [9.17, 15) is 0 Å². The number of benzene rings is 1. The van der Waals surface area contributed by atoms with Gasteiger partial charge in [0, 0.05) is 12.6 Å². The molecule has 2 aromatic rings. The van der Waals surface area contributed by atoms with Crippen LogP contribution in [0, 0.1) is 5.92 Å². The summed E-state index contributed by atoms with van der Waals surface area (Å²) in [4.78, 5) is 4.49. The third-order valence-corrected chi connectivity index (χ3v) is 4.01. The molecule has 0 bridgehead atoms. The molecule has 110 valence electrons. The Hall–Kier alpha value is -1.35. The van der Waals surface area contributed by atoms with Gasteiger partial charge in [0.1, 0.15) is 0 Å². The fourth-order valence-corrected chi connectivity index (χ4v) is 2.62. The van der Waals surface area contributed by atoms with E-state index in [4.69, 9.17) is 0 Å². The fourth-order valence-electron chi connectivity index (χ4n) is 2.62. The van der Waals surface area contributed by atoms with Gasteiger partial charge in [-0.2, -0.15) is 0 Å². The highest BCUT2D eigenvalue weighted by molar-refractivity contribution is 5.74. The van der Waals surface area contributed by atoms with Gasteiger partial charge in [-0.15, -0.1) is 0 Å². The van der Waals surface area contributed by atoms with Crippen LogP contribution in [-0.4, -0.2) is 22.1 Å². The van der Waals surface area contributed by atoms with Crippen LogP contribution >= 0.6 is 0 Å². The molecular weight excluding hydrogens is 246 g/mol. The van der Waals surface area contributed by atoms with E-state index in [0.29, 0.717) is 6.04 Å². The molecule has 0 saturated heterocycles. The Bertz CT molecular complexity index is 518. The summed E-state index contributed by atoms with van der Waals surface area (Å²) >= 11 is 0. The summed E-state index contributed by atoms with van der Waals surface area (Å²) in [5.41, 5.74) is 2.32. The topological polar surface area (TPSA) is 29.9 Å². The van der Waals surface area contributed by atoms with Crippen LogP contribution in [-0.2, 0) is 6.54 Å². The van der Waals surface area contributed by atoms with Crippen LogP contribution in [0.3, 0.4) is 0 Å². The van der Waals surface area contributed by atoms with Gasteiger partial charge in [-0.1, -0.05) is 39.3 Å². The van der Waals surface area contributed by atoms with Crippen LogP contribution in [0.2, 0.25) is 0 Å². The van der Waals surface area contributed by atoms with Crippen molar-refractivity contribution in [1.82, 2.24) is 14.9 Å². The zero-order chi connectivity index (χ0) is 14.4. The second-order valence-corrected chi connectivity index (χ2v) is 5.79. The molecule has 0 radical (unpaired) electrons. The highest BCUT2D eigenvalue weighted by atomic mass is 15.1. The second-order valence-electron chi connectivity index (χ2n) is 5.79. The summed E-state index contributed by atoms with van der Waals surface area (Å²) in [6.07, 6.45) is 5.63. The van der Waals surface area contributed by atoms with Gasteiger partial charge in [0.2, 0.25) is 0 Å². The molecule has 1 aromatic heterocycles. The van der Waals surface area contributed by atoms with Gasteiger partial charge in [-0.25, -0.2) is 4.98 Å². The molecule has 0 amide bonds. The third kappa shape index (κ3) is 3.83. The Balaban J connectivity index is 2.09. The molecule has 0 aliphatic heterocycles. The number of rotatable bonds is 8. The predicted octanol–water partition coefficient (Wildman–Crippen LogP) is 3.84. The van der Waals surface area contributed by atoms with Crippen molar-refractivity contribution < 1.29 is 0 Å². The van der Waals surface area contributed by atoms with Crippen LogP contribution in [0.4, 0.5) is 0 Å². The lowest BCUT2D eigenvalue weighted by atomic mass is 9.99. The van der Waals surface area contributed by atoms with Gasteiger partial charge in [-0.05, 0) is 37.4 Å². The Morgan fingerprint density at radius 1 is 1.25 bits per heavy atom. The van der Waals surface area contributed by atoms with Gasteiger partial charge in [0.25, 0.3) is 0 Å². The Morgan fingerprint density at radius 2 is 2.05 bits per heavy atom. The molecule has 0 saturated carbocycles. The molecule has 1 N–H and O–H groups in total. The summed E-state index contributed by atoms with van der Waals surface area (Å²) in [7, 11) is 0. The maximum absolute atomic E-state index is 4.49. The number of nitrogens with one attached hydrogen (secondary N) is 1. The van der Waals surface area contributed by atoms with Crippen molar-refractivity contribution in [2.75, 3.05) is 6.54 Å². The first-order valence-corrected chi connectivity index (χ1v) is 7.87. The van der Waals surface area contributed by atoms with E-state index in [1.165, 1.54) is 24.8 Å². The molecule has 2 atom stereocenters. The van der Waals surface area contributed by atoms with Crippen molar-refractivity contribution in [3.63, 3.8) is 0 Å². The molecule has 0 fully saturated rings. The summed E-state index contributed by atoms with van der Waals surface area (Å²) in [5, 5.41) is 3.69. The number of aromatic nitrogens is 2. The van der Waals surface area contributed by atoms with Crippen LogP contribution in [0.25, 0.3) is 11.0 Å². The number of para-hydroxylation sites is 2. The molecule has 2 unspecified atom stereocenters. The lowest BCUT2D eigenvalue weighted by Crippen LogP contribution is -2.35. The van der Waals surface area contributed by atoms with E-state index in [1.54, 1.807) is 0 Å². The molecule has 0 aliphatic rings. The maximum atomic E-state index is 4.49. The fraction of sp³-hybridized carbons (Fsp3) is 0.588. The lowest BCUT2D eigenvalue weighted by Gasteiger charge is -2.22. The van der Waals surface area contributed by atoms with Crippen molar-refractivity contribution in [3.8, 4) is 0 Å². The minimum atomic E-state index is 0.530. The summed E-state index contributed by atoms with van der Waals surface area (Å²) in [6.45, 7) is 8.93. The number of imidazole rings is 1. The Labute approximate surface area is 122 Å². The molecule has 0 spiro atoms. The van der Waals surface area contributed by atoms with Gasteiger partial charge in [0.05, 0.1) is 17.4 Å². The molecule has 1 heterocycles. The van der Waals surface area contributed by atoms with Gasteiger partial charge in [0.15, 0.2) is 0 Å². The highest BCUT2D eigenvalue weighted by Gasteiger charge is 2.13. The van der Waals surface area contributed by atoms with Gasteiger partial charge < -0.3 is 9.88 Å². The first kappa shape index (κ1) is 15.0. The minimum Gasteiger partial charge on any atom is -0.329 e. The summed E-state index contributed by atoms with van der Waals surface area (Å²) in [5.74, 6) is 0.763. The zero-order valence-electron chi connectivity index (χ0n) is 13.0. The Kier molecular flexibility index (Phi) is 5.60. The van der Waals surface area contributed by atoms with Gasteiger partial charge in [-0.3, -0.25) is 0 Å². The largest absolute Gasteiger partial charge is 0.329 e. The second kappa shape index (κ2) is 7.44. The van der Waals surface area contributed by atoms with Gasteiger partial charge >= 0.3 is 0 Å². The average molecular weight is 273 g/mol. The first-order chi connectivity index (χ1) is 9.74. The van der Waals surface area contributed by atoms with E-state index in [0.717, 1.165) is 24.5 Å². The van der Waals surface area contributed by atoms with E-state index in [1.807, 2.05) is 12.4 Å². The summed E-state index contributed by atoms with van der Waals surface area (Å²) in [6, 6.07) is 8.90. The number of fused-ring (bicyclic) bond motifs is 1. The molecule has 1 aromatic carbocycles. The van der Waals surface area contributed by atoms with Crippen molar-refractivity contribution >= 4 is 11.0 Å². The molecular formula is C17H27N3. The monoisotopic (exact) mass is 273 g/mol. The van der Waals surface area contributed by atoms with Crippen molar-refractivity contribution in [1.29, 1.82) is 0 Å². The van der Waals surface area contributed by atoms with E-state index >= 15 is 0 Å². The average Bonchev–Trinajstić information content (AvgIpc) is 2.88. The zero-order valence-corrected chi connectivity index (χ0v) is 13.0. The highest BCUT2D eigenvalue weighted by Crippen LogP contribution is 2.16. The molecule has 3 nitrogen and oxygen atoms in total. The third-order valence-electron chi connectivity index (χ3n) is 4.01. The predicted molar refractivity (Wildman–Crippen MR) is 85.9 cm³/mol. The smallest absolute Gasteiger partial charge is 0.0958 e. The van der Waals surface area contributed by atoms with Crippen molar-refractivity contribution in [2.24, 2.45) is 5.92 Å². The van der Waals surface area contributed by atoms with E-state index < -0.39 is 0 Å². The molecule has 0 aliphatic carbocycles. The Morgan fingerprint density at radius 3 is 2.80 bits per heavy atom. The van der Waals surface area contributed by atoms with Crippen LogP contribution in [0.15, 0.2) is 30.6 Å². The van der Waals surface area contributed by atoms with Crippen LogP contribution in [0.5, 0.6) is 0 Å². The summed E-state index contributed by atoms with van der Waals surface area (Å²) < 4.78 is 2.28. The van der Waals surface area contributed by atoms with Crippen LogP contribution in [0.1, 0.15) is 40.0 Å². The van der Waals surface area contributed by atoms with Crippen molar-refractivity contribution in [2.45, 2.75) is 52.6 Å². The standard InChI is InChI=1S/C17H27N3/c1-4-10-18-15(11-14(3)5-2)12-20-13-19-16-8-6-7-9-17(16)20/h6-9,13-15,18H,4-5,10-12H2,1-3H3. The van der Waals surface area contributed by atoms with E-state index in [2.05, 4.69) is 53.8 Å².